The van der Waals surface area contributed by atoms with Crippen molar-refractivity contribution in [2.24, 2.45) is 0 Å². The van der Waals surface area contributed by atoms with Gasteiger partial charge in [0.15, 0.2) is 5.79 Å². The molecule has 1 saturated heterocycles. The predicted molar refractivity (Wildman–Crippen MR) is 57.9 cm³/mol. The van der Waals surface area contributed by atoms with Gasteiger partial charge in [-0.15, -0.1) is 0 Å². The summed E-state index contributed by atoms with van der Waals surface area (Å²) in [5.41, 5.74) is -0.800. The van der Waals surface area contributed by atoms with Crippen LogP contribution in [0.4, 0.5) is 0 Å². The molecular weight excluding hydrogens is 226 g/mol. The summed E-state index contributed by atoms with van der Waals surface area (Å²) in [6.45, 7) is 1.34. The molecule has 1 spiro atoms. The molecule has 0 amide bonds. The number of hydrogen-bond donors (Lipinski definition) is 1. The number of nitrogens with zero attached hydrogens (tertiary/aromatic N) is 1. The minimum absolute atomic E-state index is 0.423. The highest BCUT2D eigenvalue weighted by Crippen LogP contribution is 2.45. The van der Waals surface area contributed by atoms with Gasteiger partial charge in [-0.05, 0) is 17.8 Å². The highest BCUT2D eigenvalue weighted by molar-refractivity contribution is 7.09. The summed E-state index contributed by atoms with van der Waals surface area (Å²) in [6, 6.07) is 0. The van der Waals surface area contributed by atoms with Crippen LogP contribution >= 0.6 is 11.3 Å². The fraction of sp³-hybridized carbons (Fsp3) is 0.727. The van der Waals surface area contributed by atoms with Crippen LogP contribution in [-0.4, -0.2) is 29.1 Å². The van der Waals surface area contributed by atoms with Gasteiger partial charge in [-0.25, -0.2) is 0 Å². The van der Waals surface area contributed by atoms with Crippen molar-refractivity contribution in [1.29, 1.82) is 0 Å². The molecule has 1 aromatic rings. The second kappa shape index (κ2) is 3.77. The Bertz CT molecular complexity index is 349. The zero-order valence-corrected chi connectivity index (χ0v) is 9.76. The van der Waals surface area contributed by atoms with Gasteiger partial charge < -0.3 is 30.9 Å². The summed E-state index contributed by atoms with van der Waals surface area (Å²) in [6.07, 6.45) is 4.39. The van der Waals surface area contributed by atoms with Crippen LogP contribution in [0.25, 0.3) is 0 Å². The van der Waals surface area contributed by atoms with Crippen LogP contribution < -0.4 is 0 Å². The second-order valence-corrected chi connectivity index (χ2v) is 5.25. The molecule has 4 nitrogen and oxygen atoms in total. The van der Waals surface area contributed by atoms with Crippen molar-refractivity contribution in [3.8, 4) is 0 Å². The first-order valence-corrected chi connectivity index (χ1v) is 6.37. The molecule has 1 saturated carbocycles. The Kier molecular flexibility index (Phi) is 2.51. The summed E-state index contributed by atoms with van der Waals surface area (Å²) < 4.78 is 11.3. The molecule has 2 heterocycles. The fourth-order valence-electron chi connectivity index (χ4n) is 2.45. The van der Waals surface area contributed by atoms with Crippen LogP contribution in [0.3, 0.4) is 0 Å². The molecule has 0 bridgehead atoms. The lowest BCUT2D eigenvalue weighted by atomic mass is 9.82. The van der Waals surface area contributed by atoms with Gasteiger partial charge in [0.05, 0.1) is 18.8 Å². The van der Waals surface area contributed by atoms with Crippen molar-refractivity contribution in [3.63, 3.8) is 0 Å². The summed E-state index contributed by atoms with van der Waals surface area (Å²) in [4.78, 5) is 4.16. The van der Waals surface area contributed by atoms with Crippen LogP contribution in [0.5, 0.6) is 0 Å². The zero-order valence-electron chi connectivity index (χ0n) is 8.94. The first-order chi connectivity index (χ1) is 7.73. The van der Waals surface area contributed by atoms with Gasteiger partial charge in [-0.2, -0.15) is 5.38 Å². The third-order valence-electron chi connectivity index (χ3n) is 3.44. The molecule has 1 N–H and O–H groups in total. The Labute approximate surface area is 98.2 Å². The Morgan fingerprint density at radius 2 is 1.94 bits per heavy atom. The first kappa shape index (κ1) is 10.7. The van der Waals surface area contributed by atoms with Crippen LogP contribution in [0.1, 0.15) is 30.7 Å². The minimum Gasteiger partial charge on any atom is -0.401 e. The summed E-state index contributed by atoms with van der Waals surface area (Å²) in [5, 5.41) is 14.2. The molecule has 2 fully saturated rings. The highest BCUT2D eigenvalue weighted by atomic mass is 32.1. The van der Waals surface area contributed by atoms with E-state index in [2.05, 4.69) is 10.4 Å². The number of hydrogen-bond acceptors (Lipinski definition) is 5. The summed E-state index contributed by atoms with van der Waals surface area (Å²) >= 11 is 1.39. The van der Waals surface area contributed by atoms with Crippen LogP contribution in [0.15, 0.2) is 6.20 Å². The van der Waals surface area contributed by atoms with E-state index in [4.69, 9.17) is 9.47 Å². The predicted octanol–water partition coefficient (Wildman–Crippen LogP) is 1.45. The largest absolute Gasteiger partial charge is 0.401 e. The lowest BCUT2D eigenvalue weighted by molar-refractivity contribution is -0.204. The van der Waals surface area contributed by atoms with E-state index in [9.17, 15) is 5.11 Å². The number of aromatic nitrogens is 1. The van der Waals surface area contributed by atoms with E-state index in [1.165, 1.54) is 11.3 Å². The van der Waals surface area contributed by atoms with E-state index >= 15 is 0 Å². The Hall–Kier alpha value is -0.490. The lowest BCUT2D eigenvalue weighted by Gasteiger charge is -2.42. The molecule has 88 valence electrons. The van der Waals surface area contributed by atoms with E-state index in [-0.39, 0.29) is 0 Å². The number of aliphatic hydroxyl groups is 1. The summed E-state index contributed by atoms with van der Waals surface area (Å²) in [7, 11) is 0. The lowest BCUT2D eigenvalue weighted by Crippen LogP contribution is -2.42. The van der Waals surface area contributed by atoms with E-state index in [0.29, 0.717) is 26.1 Å². The molecule has 0 unspecified atom stereocenters. The molecule has 3 rings (SSSR count). The van der Waals surface area contributed by atoms with Crippen molar-refractivity contribution in [3.05, 3.63) is 16.6 Å². The molecular formula is C11H14NO3S-. The van der Waals surface area contributed by atoms with Gasteiger partial charge in [0.1, 0.15) is 0 Å². The number of rotatable bonds is 1. The molecule has 1 aliphatic heterocycles. The van der Waals surface area contributed by atoms with E-state index in [0.717, 1.165) is 17.8 Å². The first-order valence-electron chi connectivity index (χ1n) is 5.55. The average Bonchev–Trinajstić information content (AvgIpc) is 2.96. The van der Waals surface area contributed by atoms with Crippen molar-refractivity contribution in [2.75, 3.05) is 13.2 Å². The number of thiazole rings is 1. The SMILES string of the molecule is OC1(c2nc[c-]s2)CCC2(CC1)OCCO2. The average molecular weight is 240 g/mol. The zero-order chi connectivity index (χ0) is 11.1. The van der Waals surface area contributed by atoms with E-state index < -0.39 is 11.4 Å². The molecule has 2 aliphatic rings. The van der Waals surface area contributed by atoms with Crippen LogP contribution in [0.2, 0.25) is 0 Å². The molecule has 0 atom stereocenters. The van der Waals surface area contributed by atoms with Gasteiger partial charge >= 0.3 is 0 Å². The van der Waals surface area contributed by atoms with Crippen molar-refractivity contribution in [1.82, 2.24) is 4.98 Å². The van der Waals surface area contributed by atoms with Gasteiger partial charge in [-0.3, -0.25) is 0 Å². The molecule has 5 heteroatoms. The Morgan fingerprint density at radius 1 is 1.25 bits per heavy atom. The van der Waals surface area contributed by atoms with Crippen LogP contribution in [0, 0.1) is 5.38 Å². The van der Waals surface area contributed by atoms with Crippen molar-refractivity contribution < 1.29 is 14.6 Å². The van der Waals surface area contributed by atoms with Gasteiger partial charge in [0.2, 0.25) is 0 Å². The van der Waals surface area contributed by atoms with E-state index in [1.54, 1.807) is 6.20 Å². The van der Waals surface area contributed by atoms with Gasteiger partial charge in [-0.1, -0.05) is 6.20 Å². The molecule has 16 heavy (non-hydrogen) atoms. The third-order valence-corrected chi connectivity index (χ3v) is 4.34. The Balaban J connectivity index is 1.74. The van der Waals surface area contributed by atoms with Crippen molar-refractivity contribution >= 4 is 11.3 Å². The maximum atomic E-state index is 10.5. The van der Waals surface area contributed by atoms with Crippen molar-refractivity contribution in [2.45, 2.75) is 37.1 Å². The monoisotopic (exact) mass is 240 g/mol. The maximum absolute atomic E-state index is 10.5. The quantitative estimate of drug-likeness (QED) is 0.755. The molecule has 1 aliphatic carbocycles. The van der Waals surface area contributed by atoms with E-state index in [1.807, 2.05) is 0 Å². The summed E-state index contributed by atoms with van der Waals surface area (Å²) in [5.74, 6) is -0.423. The third kappa shape index (κ3) is 1.68. The maximum Gasteiger partial charge on any atom is 0.168 e. The van der Waals surface area contributed by atoms with Crippen LogP contribution in [-0.2, 0) is 15.1 Å². The Morgan fingerprint density at radius 3 is 2.50 bits per heavy atom. The minimum atomic E-state index is -0.800. The highest BCUT2D eigenvalue weighted by Gasteiger charge is 2.44. The second-order valence-electron chi connectivity index (χ2n) is 4.42. The van der Waals surface area contributed by atoms with Gasteiger partial charge in [0, 0.05) is 12.8 Å². The number of ether oxygens (including phenoxy) is 2. The van der Waals surface area contributed by atoms with Gasteiger partial charge in [0.25, 0.3) is 0 Å². The standard InChI is InChI=1S/C11H14NO3S/c13-10(9-12-5-8-16-9)1-3-11(4-2-10)14-6-7-15-11/h5,13H,1-4,6-7H2/q-1. The topological polar surface area (TPSA) is 51.6 Å². The molecule has 0 aromatic carbocycles. The smallest absolute Gasteiger partial charge is 0.168 e. The molecule has 0 radical (unpaired) electrons. The normalized spacial score (nSPS) is 27.3. The molecule has 1 aromatic heterocycles. The fourth-order valence-corrected chi connectivity index (χ4v) is 3.17.